The van der Waals surface area contributed by atoms with Gasteiger partial charge >= 0.3 is 0 Å². The minimum atomic E-state index is -0.161. The Bertz CT molecular complexity index is 949. The Kier molecular flexibility index (Phi) is 5.94. The highest BCUT2D eigenvalue weighted by atomic mass is 35.5. The Hall–Kier alpha value is -2.63. The number of aromatic nitrogens is 2. The van der Waals surface area contributed by atoms with Crippen LogP contribution in [0.15, 0.2) is 54.7 Å². The Morgan fingerprint density at radius 2 is 1.96 bits per heavy atom. The highest BCUT2D eigenvalue weighted by Gasteiger charge is 2.18. The van der Waals surface area contributed by atoms with Crippen LogP contribution in [0.5, 0.6) is 0 Å². The molecule has 0 atom stereocenters. The third-order valence-electron chi connectivity index (χ3n) is 4.25. The Morgan fingerprint density at radius 3 is 2.67 bits per heavy atom. The maximum Gasteiger partial charge on any atom is 0.259 e. The molecule has 1 heterocycles. The van der Waals surface area contributed by atoms with E-state index in [-0.39, 0.29) is 5.91 Å². The first-order valence-electron chi connectivity index (χ1n) is 8.86. The molecule has 0 aliphatic heterocycles. The summed E-state index contributed by atoms with van der Waals surface area (Å²) in [6, 6.07) is 15.3. The fourth-order valence-electron chi connectivity index (χ4n) is 3.04. The largest absolute Gasteiger partial charge is 0.322 e. The molecule has 0 unspecified atom stereocenters. The monoisotopic (exact) mass is 382 g/mol. The van der Waals surface area contributed by atoms with E-state index in [1.54, 1.807) is 10.9 Å². The summed E-state index contributed by atoms with van der Waals surface area (Å²) >= 11 is 6.10. The lowest BCUT2D eigenvalue weighted by Gasteiger charge is -2.15. The van der Waals surface area contributed by atoms with Gasteiger partial charge in [-0.1, -0.05) is 42.8 Å². The second kappa shape index (κ2) is 8.37. The van der Waals surface area contributed by atoms with Gasteiger partial charge in [0.15, 0.2) is 0 Å². The minimum absolute atomic E-state index is 0.161. The second-order valence-corrected chi connectivity index (χ2v) is 7.04. The van der Waals surface area contributed by atoms with Crippen molar-refractivity contribution in [2.75, 3.05) is 19.4 Å². The molecule has 140 valence electrons. The van der Waals surface area contributed by atoms with Gasteiger partial charge < -0.3 is 10.2 Å². The highest BCUT2D eigenvalue weighted by molar-refractivity contribution is 6.30. The molecule has 0 spiro atoms. The van der Waals surface area contributed by atoms with E-state index >= 15 is 0 Å². The Balaban J connectivity index is 1.91. The molecule has 27 heavy (non-hydrogen) atoms. The summed E-state index contributed by atoms with van der Waals surface area (Å²) in [6.07, 6.45) is 2.29. The molecule has 0 fully saturated rings. The first-order chi connectivity index (χ1) is 13.0. The topological polar surface area (TPSA) is 50.2 Å². The molecular weight excluding hydrogens is 360 g/mol. The van der Waals surface area contributed by atoms with Crippen molar-refractivity contribution < 1.29 is 4.79 Å². The van der Waals surface area contributed by atoms with Gasteiger partial charge in [-0.05, 0) is 50.3 Å². The average molecular weight is 383 g/mol. The summed E-state index contributed by atoms with van der Waals surface area (Å²) in [5, 5.41) is 8.09. The van der Waals surface area contributed by atoms with Crippen LogP contribution in [0.1, 0.15) is 28.5 Å². The number of benzene rings is 2. The number of hydrogen-bond donors (Lipinski definition) is 1. The SMILES string of the molecule is CCc1c(C(=O)Nc2ccccc2CN(C)C)cnn1-c1cccc(Cl)c1. The first kappa shape index (κ1) is 19.1. The molecule has 6 heteroatoms. The highest BCUT2D eigenvalue weighted by Crippen LogP contribution is 2.22. The molecular formula is C21H23ClN4O. The smallest absolute Gasteiger partial charge is 0.259 e. The van der Waals surface area contributed by atoms with E-state index in [0.29, 0.717) is 17.0 Å². The van der Waals surface area contributed by atoms with E-state index in [4.69, 9.17) is 11.6 Å². The molecule has 0 bridgehead atoms. The summed E-state index contributed by atoms with van der Waals surface area (Å²) in [7, 11) is 4.01. The molecule has 0 radical (unpaired) electrons. The van der Waals surface area contributed by atoms with Crippen molar-refractivity contribution >= 4 is 23.2 Å². The van der Waals surface area contributed by atoms with Gasteiger partial charge in [0.25, 0.3) is 5.91 Å². The van der Waals surface area contributed by atoms with E-state index in [0.717, 1.165) is 29.2 Å². The van der Waals surface area contributed by atoms with E-state index in [1.807, 2.05) is 69.6 Å². The van der Waals surface area contributed by atoms with Crippen LogP contribution in [-0.2, 0) is 13.0 Å². The zero-order valence-electron chi connectivity index (χ0n) is 15.7. The fourth-order valence-corrected chi connectivity index (χ4v) is 3.23. The normalized spacial score (nSPS) is 11.0. The van der Waals surface area contributed by atoms with Crippen LogP contribution in [0, 0.1) is 0 Å². The van der Waals surface area contributed by atoms with Crippen molar-refractivity contribution in [1.82, 2.24) is 14.7 Å². The number of para-hydroxylation sites is 1. The van der Waals surface area contributed by atoms with E-state index < -0.39 is 0 Å². The molecule has 3 rings (SSSR count). The molecule has 0 saturated carbocycles. The van der Waals surface area contributed by atoms with Gasteiger partial charge in [-0.2, -0.15) is 5.10 Å². The predicted molar refractivity (Wildman–Crippen MR) is 110 cm³/mol. The van der Waals surface area contributed by atoms with E-state index in [9.17, 15) is 4.79 Å². The zero-order valence-corrected chi connectivity index (χ0v) is 16.5. The van der Waals surface area contributed by atoms with Gasteiger partial charge in [-0.3, -0.25) is 4.79 Å². The number of carbonyl (C=O) groups excluding carboxylic acids is 1. The lowest BCUT2D eigenvalue weighted by molar-refractivity contribution is 0.102. The van der Waals surface area contributed by atoms with Gasteiger partial charge in [0.2, 0.25) is 0 Å². The molecule has 1 amide bonds. The number of halogens is 1. The van der Waals surface area contributed by atoms with Gasteiger partial charge in [0.05, 0.1) is 23.1 Å². The van der Waals surface area contributed by atoms with Crippen LogP contribution >= 0.6 is 11.6 Å². The number of nitrogens with one attached hydrogen (secondary N) is 1. The van der Waals surface area contributed by atoms with Crippen molar-refractivity contribution in [3.05, 3.63) is 76.6 Å². The molecule has 0 aliphatic rings. The maximum absolute atomic E-state index is 12.9. The minimum Gasteiger partial charge on any atom is -0.322 e. The van der Waals surface area contributed by atoms with Gasteiger partial charge in [0.1, 0.15) is 0 Å². The number of hydrogen-bond acceptors (Lipinski definition) is 3. The molecule has 0 saturated heterocycles. The standard InChI is InChI=1S/C21H23ClN4O/c1-4-20-18(13-23-26(20)17-10-7-9-16(22)12-17)21(27)24-19-11-6-5-8-15(19)14-25(2)3/h5-13H,4,14H2,1-3H3,(H,24,27). The van der Waals surface area contributed by atoms with Gasteiger partial charge in [0, 0.05) is 17.3 Å². The van der Waals surface area contributed by atoms with Crippen LogP contribution in [0.2, 0.25) is 5.02 Å². The van der Waals surface area contributed by atoms with Gasteiger partial charge in [-0.25, -0.2) is 4.68 Å². The zero-order chi connectivity index (χ0) is 19.4. The van der Waals surface area contributed by atoms with Crippen molar-refractivity contribution in [2.45, 2.75) is 19.9 Å². The molecule has 1 N–H and O–H groups in total. The van der Waals surface area contributed by atoms with E-state index in [1.165, 1.54) is 0 Å². The molecule has 2 aromatic carbocycles. The van der Waals surface area contributed by atoms with Crippen LogP contribution < -0.4 is 5.32 Å². The number of amides is 1. The lowest BCUT2D eigenvalue weighted by Crippen LogP contribution is -2.17. The summed E-state index contributed by atoms with van der Waals surface area (Å²) < 4.78 is 1.77. The van der Waals surface area contributed by atoms with Crippen LogP contribution in [0.3, 0.4) is 0 Å². The van der Waals surface area contributed by atoms with Crippen molar-refractivity contribution in [1.29, 1.82) is 0 Å². The summed E-state index contributed by atoms with van der Waals surface area (Å²) in [5.74, 6) is -0.161. The quantitative estimate of drug-likeness (QED) is 0.687. The van der Waals surface area contributed by atoms with Crippen LogP contribution in [-0.4, -0.2) is 34.7 Å². The Labute approximate surface area is 164 Å². The van der Waals surface area contributed by atoms with Crippen molar-refractivity contribution in [3.63, 3.8) is 0 Å². The molecule has 5 nitrogen and oxygen atoms in total. The predicted octanol–water partition coefficient (Wildman–Crippen LogP) is 4.40. The van der Waals surface area contributed by atoms with Crippen LogP contribution in [0.4, 0.5) is 5.69 Å². The summed E-state index contributed by atoms with van der Waals surface area (Å²) in [6.45, 7) is 2.76. The average Bonchev–Trinajstić information content (AvgIpc) is 3.07. The Morgan fingerprint density at radius 1 is 1.19 bits per heavy atom. The third kappa shape index (κ3) is 4.38. The summed E-state index contributed by atoms with van der Waals surface area (Å²) in [4.78, 5) is 15.0. The number of nitrogens with zero attached hydrogens (tertiary/aromatic N) is 3. The third-order valence-corrected chi connectivity index (χ3v) is 4.49. The number of anilines is 1. The molecule has 0 aliphatic carbocycles. The van der Waals surface area contributed by atoms with E-state index in [2.05, 4.69) is 15.3 Å². The number of rotatable bonds is 6. The maximum atomic E-state index is 12.9. The molecule has 3 aromatic rings. The van der Waals surface area contributed by atoms with Crippen LogP contribution in [0.25, 0.3) is 5.69 Å². The molecule has 1 aromatic heterocycles. The number of carbonyl (C=O) groups is 1. The lowest BCUT2D eigenvalue weighted by atomic mass is 10.1. The summed E-state index contributed by atoms with van der Waals surface area (Å²) in [5.41, 5.74) is 4.13. The van der Waals surface area contributed by atoms with Gasteiger partial charge in [-0.15, -0.1) is 0 Å². The first-order valence-corrected chi connectivity index (χ1v) is 9.24. The van der Waals surface area contributed by atoms with Crippen molar-refractivity contribution in [3.8, 4) is 5.69 Å². The van der Waals surface area contributed by atoms with Crippen molar-refractivity contribution in [2.24, 2.45) is 0 Å². The fraction of sp³-hybridized carbons (Fsp3) is 0.238. The second-order valence-electron chi connectivity index (χ2n) is 6.60.